The van der Waals surface area contributed by atoms with Gasteiger partial charge >= 0.3 is 0 Å². The minimum Gasteiger partial charge on any atom is -0.330 e. The van der Waals surface area contributed by atoms with Crippen molar-refractivity contribution in [2.24, 2.45) is 11.4 Å². The molecule has 3 aromatic rings. The van der Waals surface area contributed by atoms with Gasteiger partial charge in [-0.25, -0.2) is 13.4 Å². The maximum absolute atomic E-state index is 12.7. The molecule has 1 N–H and O–H groups in total. The number of rotatable bonds is 3. The van der Waals surface area contributed by atoms with Crippen LogP contribution in [0, 0.1) is 0 Å². The van der Waals surface area contributed by atoms with E-state index in [4.69, 9.17) is 4.98 Å². The van der Waals surface area contributed by atoms with Crippen LogP contribution in [0.15, 0.2) is 76.9 Å². The van der Waals surface area contributed by atoms with Gasteiger partial charge in [0.25, 0.3) is 15.9 Å². The summed E-state index contributed by atoms with van der Waals surface area (Å²) in [5, 5.41) is 2.87. The van der Waals surface area contributed by atoms with E-state index < -0.39 is 10.0 Å². The minimum atomic E-state index is -3.42. The Morgan fingerprint density at radius 1 is 1.06 bits per heavy atom. The molecule has 9 heteroatoms. The Morgan fingerprint density at radius 3 is 2.61 bits per heavy atom. The fourth-order valence-electron chi connectivity index (χ4n) is 3.64. The fourth-order valence-corrected chi connectivity index (χ4v) is 4.61. The van der Waals surface area contributed by atoms with E-state index in [0.717, 1.165) is 22.4 Å². The number of anilines is 1. The first-order valence-electron chi connectivity index (χ1n) is 9.72. The van der Waals surface area contributed by atoms with Crippen molar-refractivity contribution in [3.8, 4) is 11.4 Å². The zero-order valence-corrected chi connectivity index (χ0v) is 17.5. The van der Waals surface area contributed by atoms with Gasteiger partial charge in [-0.2, -0.15) is 0 Å². The summed E-state index contributed by atoms with van der Waals surface area (Å²) in [5.74, 6) is 0.831. The molecule has 8 nitrogen and oxygen atoms in total. The first kappa shape index (κ1) is 19.3. The van der Waals surface area contributed by atoms with E-state index >= 15 is 0 Å². The molecule has 31 heavy (non-hydrogen) atoms. The van der Waals surface area contributed by atoms with Crippen LogP contribution >= 0.6 is 0 Å². The number of hydrogen-bond acceptors (Lipinski definition) is 5. The third kappa shape index (κ3) is 3.64. The van der Waals surface area contributed by atoms with Crippen LogP contribution in [0.1, 0.15) is 0 Å². The van der Waals surface area contributed by atoms with Crippen LogP contribution < -0.4 is 5.32 Å². The number of nitrogens with zero attached hydrogens (tertiary/aromatic N) is 4. The van der Waals surface area contributed by atoms with Gasteiger partial charge in [-0.1, -0.05) is 12.1 Å². The van der Waals surface area contributed by atoms with E-state index in [0.29, 0.717) is 17.1 Å². The summed E-state index contributed by atoms with van der Waals surface area (Å²) in [7, 11) is -1.44. The summed E-state index contributed by atoms with van der Waals surface area (Å²) in [6.45, 7) is 0.273. The van der Waals surface area contributed by atoms with Gasteiger partial charge in [0.05, 0.1) is 22.4 Å². The summed E-state index contributed by atoms with van der Waals surface area (Å²) in [6.07, 6.45) is 4.73. The Hall–Kier alpha value is -3.72. The normalized spacial score (nSPS) is 17.1. The third-order valence-electron chi connectivity index (χ3n) is 5.27. The third-order valence-corrected chi connectivity index (χ3v) is 6.44. The van der Waals surface area contributed by atoms with Crippen molar-refractivity contribution in [2.45, 2.75) is 0 Å². The molecule has 1 amide bonds. The molecule has 0 spiro atoms. The molecule has 0 fully saturated rings. The van der Waals surface area contributed by atoms with E-state index in [1.807, 2.05) is 60.1 Å². The van der Waals surface area contributed by atoms with Crippen molar-refractivity contribution in [3.05, 3.63) is 72.5 Å². The molecule has 0 atom stereocenters. The lowest BCUT2D eigenvalue weighted by Crippen LogP contribution is -2.37. The highest BCUT2D eigenvalue weighted by atomic mass is 32.2. The topological polar surface area (TPSA) is 96.7 Å². The highest BCUT2D eigenvalue weighted by Gasteiger charge is 2.25. The van der Waals surface area contributed by atoms with Gasteiger partial charge in [-0.15, -0.1) is 4.40 Å². The quantitative estimate of drug-likeness (QED) is 0.685. The lowest BCUT2D eigenvalue weighted by atomic mass is 10.1. The number of amidine groups is 1. The number of aromatic nitrogens is 2. The number of aryl methyl sites for hydroxylation is 1. The molecule has 2 aliphatic heterocycles. The maximum Gasteiger partial charge on any atom is 0.257 e. The zero-order valence-electron chi connectivity index (χ0n) is 16.7. The second kappa shape index (κ2) is 7.21. The number of hydrogen-bond donors (Lipinski definition) is 1. The van der Waals surface area contributed by atoms with Gasteiger partial charge in [0.15, 0.2) is 0 Å². The molecular formula is C22H19N5O3S. The number of amides is 1. The standard InChI is InChI=1S/C22H19N5O3S/c1-26-19-5-3-2-4-18(19)24-21(26)15-6-9-17(10-7-15)23-22(28)16-8-11-20-25-31(29,30)13-12-27(20)14-16/h2-11,14H,12-13H2,1H3,(H,23,28). The Balaban J connectivity index is 1.33. The average Bonchev–Trinajstić information content (AvgIpc) is 3.10. The summed E-state index contributed by atoms with van der Waals surface area (Å²) in [6, 6.07) is 15.5. The van der Waals surface area contributed by atoms with Crippen molar-refractivity contribution in [1.29, 1.82) is 0 Å². The molecule has 2 aromatic carbocycles. The Bertz CT molecular complexity index is 1400. The number of imidazole rings is 1. The molecule has 0 saturated heterocycles. The van der Waals surface area contributed by atoms with Gasteiger partial charge in [0.2, 0.25) is 0 Å². The minimum absolute atomic E-state index is 0.0700. The SMILES string of the molecule is Cn1c(-c2ccc(NC(=O)C3=CN4CCS(=O)(=O)N=C4C=C3)cc2)nc2ccccc21. The predicted molar refractivity (Wildman–Crippen MR) is 120 cm³/mol. The molecule has 0 unspecified atom stereocenters. The van der Waals surface area contributed by atoms with E-state index in [1.54, 1.807) is 23.3 Å². The molecule has 2 aliphatic rings. The highest BCUT2D eigenvalue weighted by molar-refractivity contribution is 7.90. The van der Waals surface area contributed by atoms with E-state index in [9.17, 15) is 13.2 Å². The van der Waals surface area contributed by atoms with Crippen LogP contribution in [0.25, 0.3) is 22.4 Å². The van der Waals surface area contributed by atoms with Crippen molar-refractivity contribution in [3.63, 3.8) is 0 Å². The lowest BCUT2D eigenvalue weighted by Gasteiger charge is -2.26. The summed E-state index contributed by atoms with van der Waals surface area (Å²) < 4.78 is 29.0. The maximum atomic E-state index is 12.7. The van der Waals surface area contributed by atoms with E-state index in [1.165, 1.54) is 0 Å². The summed E-state index contributed by atoms with van der Waals surface area (Å²) in [4.78, 5) is 19.0. The molecule has 0 aliphatic carbocycles. The highest BCUT2D eigenvalue weighted by Crippen LogP contribution is 2.25. The van der Waals surface area contributed by atoms with Gasteiger partial charge in [0.1, 0.15) is 11.7 Å². The van der Waals surface area contributed by atoms with Gasteiger partial charge in [-0.3, -0.25) is 4.79 Å². The van der Waals surface area contributed by atoms with Crippen LogP contribution in [0.3, 0.4) is 0 Å². The molecular weight excluding hydrogens is 414 g/mol. The monoisotopic (exact) mass is 433 g/mol. The van der Waals surface area contributed by atoms with E-state index in [-0.39, 0.29) is 18.2 Å². The number of carbonyl (C=O) groups is 1. The fraction of sp³-hybridized carbons (Fsp3) is 0.136. The van der Waals surface area contributed by atoms with Crippen molar-refractivity contribution in [2.75, 3.05) is 17.6 Å². The Morgan fingerprint density at radius 2 is 1.84 bits per heavy atom. The van der Waals surface area contributed by atoms with Crippen LogP contribution in [-0.4, -0.2) is 46.9 Å². The second-order valence-corrected chi connectivity index (χ2v) is 9.12. The molecule has 0 saturated carbocycles. The van der Waals surface area contributed by atoms with Gasteiger partial charge in [0, 0.05) is 31.0 Å². The van der Waals surface area contributed by atoms with Crippen LogP contribution in [-0.2, 0) is 21.9 Å². The van der Waals surface area contributed by atoms with Crippen LogP contribution in [0.2, 0.25) is 0 Å². The predicted octanol–water partition coefficient (Wildman–Crippen LogP) is 2.68. The lowest BCUT2D eigenvalue weighted by molar-refractivity contribution is -0.112. The first-order chi connectivity index (χ1) is 14.9. The number of fused-ring (bicyclic) bond motifs is 2. The summed E-state index contributed by atoms with van der Waals surface area (Å²) in [5.41, 5.74) is 4.02. The van der Waals surface area contributed by atoms with Crippen molar-refractivity contribution in [1.82, 2.24) is 14.5 Å². The zero-order chi connectivity index (χ0) is 21.6. The first-order valence-corrected chi connectivity index (χ1v) is 11.3. The number of sulfonamides is 1. The average molecular weight is 433 g/mol. The summed E-state index contributed by atoms with van der Waals surface area (Å²) >= 11 is 0. The van der Waals surface area contributed by atoms with Crippen LogP contribution in [0.5, 0.6) is 0 Å². The smallest absolute Gasteiger partial charge is 0.257 e. The van der Waals surface area contributed by atoms with Gasteiger partial charge < -0.3 is 14.8 Å². The molecule has 3 heterocycles. The number of para-hydroxylation sites is 2. The number of carbonyl (C=O) groups excluding carboxylic acids is 1. The van der Waals surface area contributed by atoms with E-state index in [2.05, 4.69) is 9.71 Å². The Labute approximate surface area is 179 Å². The molecule has 156 valence electrons. The molecule has 0 bridgehead atoms. The molecule has 0 radical (unpaired) electrons. The largest absolute Gasteiger partial charge is 0.330 e. The van der Waals surface area contributed by atoms with Crippen molar-refractivity contribution < 1.29 is 13.2 Å². The van der Waals surface area contributed by atoms with Gasteiger partial charge in [-0.05, 0) is 48.6 Å². The molecule has 1 aromatic heterocycles. The van der Waals surface area contributed by atoms with Crippen molar-refractivity contribution >= 4 is 38.5 Å². The number of nitrogens with one attached hydrogen (secondary N) is 1. The second-order valence-electron chi connectivity index (χ2n) is 7.36. The number of benzene rings is 2. The van der Waals surface area contributed by atoms with Crippen LogP contribution in [0.4, 0.5) is 5.69 Å². The Kier molecular flexibility index (Phi) is 4.48. The molecule has 5 rings (SSSR count).